The molecule has 0 aromatic rings. The molecule has 0 aliphatic heterocycles. The Balaban J connectivity index is 3.96. The standard InChI is InChI=1S/C75H151N2O6P/c1-6-8-10-12-14-16-18-20-22-24-26-28-30-32-34-36-37-38-39-40-41-43-45-47-49-51-53-55-57-59-61-63-65-67-69-75(79)76-73(72-83-84(80,81)82-71-70-77(3,4)5)74(78)68-66-64-62-60-58-56-54-52-50-48-46-44-42-35-33-31-29-27-25-23-21-19-17-15-13-11-9-7-2/h66,68,73-74,78H,6-65,67,69-72H2,1-5H3,(H-,76,79,80,81)/p+1/b68-66+. The second kappa shape index (κ2) is 66.7. The van der Waals surface area contributed by atoms with Gasteiger partial charge in [-0.05, 0) is 19.3 Å². The predicted octanol–water partition coefficient (Wildman–Crippen LogP) is 24.5. The van der Waals surface area contributed by atoms with Gasteiger partial charge >= 0.3 is 7.82 Å². The first kappa shape index (κ1) is 83.2. The number of quaternary nitrogens is 1. The number of phosphoric acid groups is 1. The second-order valence-electron chi connectivity index (χ2n) is 27.7. The Morgan fingerprint density at radius 1 is 0.393 bits per heavy atom. The van der Waals surface area contributed by atoms with Crippen molar-refractivity contribution in [2.24, 2.45) is 0 Å². The molecule has 9 heteroatoms. The molecule has 0 spiro atoms. The van der Waals surface area contributed by atoms with Gasteiger partial charge in [-0.25, -0.2) is 4.57 Å². The van der Waals surface area contributed by atoms with Crippen LogP contribution in [0.1, 0.15) is 412 Å². The Morgan fingerprint density at radius 3 is 0.881 bits per heavy atom. The van der Waals surface area contributed by atoms with Crippen LogP contribution in [0.15, 0.2) is 12.2 Å². The zero-order chi connectivity index (χ0) is 61.2. The van der Waals surface area contributed by atoms with Gasteiger partial charge in [-0.2, -0.15) is 0 Å². The molecule has 0 rings (SSSR count). The molecule has 0 heterocycles. The van der Waals surface area contributed by atoms with Crippen molar-refractivity contribution in [1.82, 2.24) is 5.32 Å². The van der Waals surface area contributed by atoms with Gasteiger partial charge in [0.2, 0.25) is 5.91 Å². The van der Waals surface area contributed by atoms with Gasteiger partial charge in [0.15, 0.2) is 0 Å². The maximum absolute atomic E-state index is 13.1. The molecule has 3 unspecified atom stereocenters. The van der Waals surface area contributed by atoms with Gasteiger partial charge in [0.05, 0.1) is 39.9 Å². The number of amides is 1. The summed E-state index contributed by atoms with van der Waals surface area (Å²) in [7, 11) is 1.60. The van der Waals surface area contributed by atoms with Gasteiger partial charge in [0, 0.05) is 6.42 Å². The van der Waals surface area contributed by atoms with Gasteiger partial charge in [0.25, 0.3) is 0 Å². The van der Waals surface area contributed by atoms with Crippen LogP contribution in [0, 0.1) is 0 Å². The molecule has 0 saturated carbocycles. The average Bonchev–Trinajstić information content (AvgIpc) is 3.56. The van der Waals surface area contributed by atoms with Crippen molar-refractivity contribution < 1.29 is 32.9 Å². The number of carbonyl (C=O) groups excluding carboxylic acids is 1. The zero-order valence-corrected chi connectivity index (χ0v) is 58.6. The largest absolute Gasteiger partial charge is 0.472 e. The third kappa shape index (κ3) is 68.7. The third-order valence-corrected chi connectivity index (χ3v) is 19.0. The van der Waals surface area contributed by atoms with Gasteiger partial charge in [-0.3, -0.25) is 13.8 Å². The SMILES string of the molecule is CCCCCCCCCCCCCCCCCCCCCCCCCCCC/C=C/C(O)C(COP(=O)(O)OCC[N+](C)(C)C)NC(=O)CCCCCCCCCCCCCCCCCCCCCCCCCCCCCCCCCCCC. The van der Waals surface area contributed by atoms with E-state index in [1.54, 1.807) is 6.08 Å². The maximum Gasteiger partial charge on any atom is 0.472 e. The van der Waals surface area contributed by atoms with Gasteiger partial charge in [-0.1, -0.05) is 398 Å². The van der Waals surface area contributed by atoms with E-state index in [1.807, 2.05) is 27.2 Å². The summed E-state index contributed by atoms with van der Waals surface area (Å²) in [6.45, 7) is 4.90. The highest BCUT2D eigenvalue weighted by atomic mass is 31.2. The van der Waals surface area contributed by atoms with Crippen molar-refractivity contribution in [2.75, 3.05) is 40.9 Å². The first-order valence-corrected chi connectivity index (χ1v) is 39.6. The summed E-state index contributed by atoms with van der Waals surface area (Å²) >= 11 is 0. The van der Waals surface area contributed by atoms with Crippen molar-refractivity contribution in [3.63, 3.8) is 0 Å². The Morgan fingerprint density at radius 2 is 0.631 bits per heavy atom. The number of hydrogen-bond donors (Lipinski definition) is 3. The summed E-state index contributed by atoms with van der Waals surface area (Å²) in [4.78, 5) is 23.5. The maximum atomic E-state index is 13.1. The molecule has 0 aromatic heterocycles. The Hall–Kier alpha value is -0.760. The minimum Gasteiger partial charge on any atom is -0.387 e. The van der Waals surface area contributed by atoms with E-state index >= 15 is 0 Å². The smallest absolute Gasteiger partial charge is 0.387 e. The zero-order valence-electron chi connectivity index (χ0n) is 57.7. The molecule has 8 nitrogen and oxygen atoms in total. The van der Waals surface area contributed by atoms with Gasteiger partial charge in [-0.15, -0.1) is 0 Å². The third-order valence-electron chi connectivity index (χ3n) is 18.0. The molecule has 0 radical (unpaired) electrons. The highest BCUT2D eigenvalue weighted by molar-refractivity contribution is 7.47. The molecule has 0 saturated heterocycles. The van der Waals surface area contributed by atoms with E-state index in [4.69, 9.17) is 9.05 Å². The number of phosphoric ester groups is 1. The molecule has 0 fully saturated rings. The lowest BCUT2D eigenvalue weighted by molar-refractivity contribution is -0.870. The van der Waals surface area contributed by atoms with Crippen molar-refractivity contribution in [1.29, 1.82) is 0 Å². The number of nitrogens with one attached hydrogen (secondary N) is 1. The number of carbonyl (C=O) groups is 1. The number of likely N-dealkylation sites (N-methyl/N-ethyl adjacent to an activating group) is 1. The summed E-state index contributed by atoms with van der Waals surface area (Å²) in [5.41, 5.74) is 0. The fourth-order valence-corrected chi connectivity index (χ4v) is 12.8. The predicted molar refractivity (Wildman–Crippen MR) is 369 cm³/mol. The molecule has 3 N–H and O–H groups in total. The monoisotopic (exact) mass is 1210 g/mol. The number of unbranched alkanes of at least 4 members (excludes halogenated alkanes) is 59. The van der Waals surface area contributed by atoms with Gasteiger partial charge in [0.1, 0.15) is 13.2 Å². The minimum absolute atomic E-state index is 0.0656. The molecule has 502 valence electrons. The average molecular weight is 1210 g/mol. The van der Waals surface area contributed by atoms with Crippen LogP contribution in [0.4, 0.5) is 0 Å². The van der Waals surface area contributed by atoms with Crippen molar-refractivity contribution >= 4 is 13.7 Å². The van der Waals surface area contributed by atoms with Crippen LogP contribution in [0.2, 0.25) is 0 Å². The molecular weight excluding hydrogens is 1060 g/mol. The van der Waals surface area contributed by atoms with Crippen LogP contribution in [-0.2, 0) is 18.4 Å². The van der Waals surface area contributed by atoms with Crippen LogP contribution >= 0.6 is 7.82 Å². The molecule has 0 bridgehead atoms. The molecule has 84 heavy (non-hydrogen) atoms. The molecule has 0 aliphatic rings. The van der Waals surface area contributed by atoms with E-state index in [0.717, 1.165) is 32.1 Å². The Kier molecular flexibility index (Phi) is 66.1. The van der Waals surface area contributed by atoms with E-state index in [-0.39, 0.29) is 19.1 Å². The number of hydrogen-bond acceptors (Lipinski definition) is 5. The first-order valence-electron chi connectivity index (χ1n) is 38.1. The normalized spacial score (nSPS) is 13.6. The quantitative estimate of drug-likeness (QED) is 0.0243. The summed E-state index contributed by atoms with van der Waals surface area (Å²) < 4.78 is 23.9. The number of aliphatic hydroxyl groups is 1. The second-order valence-corrected chi connectivity index (χ2v) is 29.2. The molecule has 1 amide bonds. The number of nitrogens with zero attached hydrogens (tertiary/aromatic N) is 1. The lowest BCUT2D eigenvalue weighted by Crippen LogP contribution is -2.45. The van der Waals surface area contributed by atoms with Crippen LogP contribution in [0.5, 0.6) is 0 Å². The Labute approximate surface area is 526 Å². The highest BCUT2D eigenvalue weighted by Crippen LogP contribution is 2.43. The molecule has 0 aromatic carbocycles. The van der Waals surface area contributed by atoms with Gasteiger partial charge < -0.3 is 19.8 Å². The topological polar surface area (TPSA) is 105 Å². The Bertz CT molecular complexity index is 1370. The number of allylic oxidation sites excluding steroid dienone is 1. The fourth-order valence-electron chi connectivity index (χ4n) is 12.1. The fraction of sp³-hybridized carbons (Fsp3) is 0.960. The van der Waals surface area contributed by atoms with Crippen molar-refractivity contribution in [3.05, 3.63) is 12.2 Å². The van der Waals surface area contributed by atoms with E-state index in [9.17, 15) is 19.4 Å². The van der Waals surface area contributed by atoms with E-state index < -0.39 is 20.0 Å². The lowest BCUT2D eigenvalue weighted by Gasteiger charge is -2.25. The van der Waals surface area contributed by atoms with E-state index in [1.165, 1.54) is 360 Å². The summed E-state index contributed by atoms with van der Waals surface area (Å²) in [5.74, 6) is -0.166. The van der Waals surface area contributed by atoms with Crippen molar-refractivity contribution in [3.8, 4) is 0 Å². The summed E-state index contributed by atoms with van der Waals surface area (Å²) in [6, 6.07) is -0.844. The molecule has 0 aliphatic carbocycles. The lowest BCUT2D eigenvalue weighted by atomic mass is 10.0. The number of rotatable bonds is 72. The van der Waals surface area contributed by atoms with Crippen LogP contribution in [-0.4, -0.2) is 73.4 Å². The molecule has 3 atom stereocenters. The van der Waals surface area contributed by atoms with E-state index in [2.05, 4.69) is 19.2 Å². The first-order chi connectivity index (χ1) is 41.0. The highest BCUT2D eigenvalue weighted by Gasteiger charge is 2.28. The summed E-state index contributed by atoms with van der Waals surface area (Å²) in [6.07, 6.45) is 86.8. The summed E-state index contributed by atoms with van der Waals surface area (Å²) in [5, 5.41) is 14.0. The van der Waals surface area contributed by atoms with Crippen molar-refractivity contribution in [2.45, 2.75) is 424 Å². The van der Waals surface area contributed by atoms with Crippen LogP contribution in [0.25, 0.3) is 0 Å². The van der Waals surface area contributed by atoms with Crippen LogP contribution in [0.3, 0.4) is 0 Å². The van der Waals surface area contributed by atoms with Crippen LogP contribution < -0.4 is 5.32 Å². The molecular formula is C75H152N2O6P+. The van der Waals surface area contributed by atoms with E-state index in [0.29, 0.717) is 17.4 Å². The number of aliphatic hydroxyl groups excluding tert-OH is 1. The minimum atomic E-state index is -4.35.